The first kappa shape index (κ1) is 20.5. The summed E-state index contributed by atoms with van der Waals surface area (Å²) >= 11 is 0. The summed E-state index contributed by atoms with van der Waals surface area (Å²) in [4.78, 5) is 10.5. The Morgan fingerprint density at radius 2 is 1.73 bits per heavy atom. The standard InChI is InChI=1S/C23H23F3N4/c24-19-4-2-17(11-20(19)25)23(27)21-5-1-15(12-28-21)14-30-9-7-16(8-10-30)18-3-6-22(26)29-13-18/h1-6,11-13,16,23H,7-10,14,27H2. The second-order valence-corrected chi connectivity index (χ2v) is 7.71. The number of hydrogen-bond donors (Lipinski definition) is 1. The summed E-state index contributed by atoms with van der Waals surface area (Å²) < 4.78 is 39.6. The van der Waals surface area contributed by atoms with Gasteiger partial charge in [0.2, 0.25) is 5.95 Å². The molecule has 1 saturated heterocycles. The predicted octanol–water partition coefficient (Wildman–Crippen LogP) is 4.32. The number of hydrogen-bond acceptors (Lipinski definition) is 4. The third-order valence-electron chi connectivity index (χ3n) is 5.68. The Morgan fingerprint density at radius 1 is 0.933 bits per heavy atom. The van der Waals surface area contributed by atoms with E-state index in [2.05, 4.69) is 14.9 Å². The fourth-order valence-electron chi connectivity index (χ4n) is 3.90. The van der Waals surface area contributed by atoms with Crippen LogP contribution in [0.25, 0.3) is 0 Å². The van der Waals surface area contributed by atoms with Crippen LogP contribution in [-0.4, -0.2) is 28.0 Å². The van der Waals surface area contributed by atoms with Crippen molar-refractivity contribution in [2.75, 3.05) is 13.1 Å². The van der Waals surface area contributed by atoms with Gasteiger partial charge in [-0.2, -0.15) is 4.39 Å². The van der Waals surface area contributed by atoms with E-state index < -0.39 is 23.6 Å². The molecule has 0 bridgehead atoms. The number of nitrogens with zero attached hydrogens (tertiary/aromatic N) is 3. The number of rotatable bonds is 5. The number of pyridine rings is 2. The van der Waals surface area contributed by atoms with Crippen LogP contribution in [-0.2, 0) is 6.54 Å². The molecule has 0 amide bonds. The predicted molar refractivity (Wildman–Crippen MR) is 108 cm³/mol. The van der Waals surface area contributed by atoms with E-state index in [1.54, 1.807) is 12.4 Å². The molecule has 30 heavy (non-hydrogen) atoms. The fourth-order valence-corrected chi connectivity index (χ4v) is 3.90. The quantitative estimate of drug-likeness (QED) is 0.634. The molecule has 1 aliphatic rings. The van der Waals surface area contributed by atoms with Crippen LogP contribution in [0.15, 0.2) is 54.9 Å². The van der Waals surface area contributed by atoms with Crippen molar-refractivity contribution in [3.63, 3.8) is 0 Å². The minimum atomic E-state index is -0.917. The van der Waals surface area contributed by atoms with Crippen molar-refractivity contribution in [3.8, 4) is 0 Å². The van der Waals surface area contributed by atoms with Gasteiger partial charge in [-0.25, -0.2) is 13.8 Å². The Bertz CT molecular complexity index is 984. The molecule has 0 radical (unpaired) electrons. The molecular weight excluding hydrogens is 389 g/mol. The second-order valence-electron chi connectivity index (χ2n) is 7.71. The SMILES string of the molecule is NC(c1ccc(F)c(F)c1)c1ccc(CN2CCC(c3ccc(F)nc3)CC2)cn1. The van der Waals surface area contributed by atoms with Gasteiger partial charge in [0.05, 0.1) is 11.7 Å². The van der Waals surface area contributed by atoms with E-state index in [0.717, 1.165) is 55.7 Å². The lowest BCUT2D eigenvalue weighted by Crippen LogP contribution is -2.32. The van der Waals surface area contributed by atoms with Crippen molar-refractivity contribution in [1.29, 1.82) is 0 Å². The van der Waals surface area contributed by atoms with Crippen LogP contribution < -0.4 is 5.73 Å². The highest BCUT2D eigenvalue weighted by Crippen LogP contribution is 2.28. The van der Waals surface area contributed by atoms with Crippen LogP contribution in [0.2, 0.25) is 0 Å². The molecule has 2 aromatic heterocycles. The lowest BCUT2D eigenvalue weighted by Gasteiger charge is -2.32. The Hall–Kier alpha value is -2.77. The summed E-state index contributed by atoms with van der Waals surface area (Å²) in [5, 5.41) is 0. The van der Waals surface area contributed by atoms with Crippen LogP contribution in [0.4, 0.5) is 13.2 Å². The van der Waals surface area contributed by atoms with Gasteiger partial charge in [-0.1, -0.05) is 18.2 Å². The van der Waals surface area contributed by atoms with Gasteiger partial charge < -0.3 is 5.73 Å². The first-order chi connectivity index (χ1) is 14.5. The Balaban J connectivity index is 1.34. The summed E-state index contributed by atoms with van der Waals surface area (Å²) in [6.07, 6.45) is 5.42. The van der Waals surface area contributed by atoms with Gasteiger partial charge in [0.15, 0.2) is 11.6 Å². The molecule has 0 saturated carbocycles. The molecule has 156 valence electrons. The molecule has 1 fully saturated rings. The highest BCUT2D eigenvalue weighted by molar-refractivity contribution is 5.29. The van der Waals surface area contributed by atoms with E-state index in [-0.39, 0.29) is 0 Å². The summed E-state index contributed by atoms with van der Waals surface area (Å²) in [6, 6.07) is 10.1. The van der Waals surface area contributed by atoms with E-state index in [9.17, 15) is 13.2 Å². The van der Waals surface area contributed by atoms with E-state index in [1.807, 2.05) is 18.2 Å². The summed E-state index contributed by atoms with van der Waals surface area (Å²) in [5.74, 6) is -1.85. The van der Waals surface area contributed by atoms with Crippen molar-refractivity contribution in [2.45, 2.75) is 31.3 Å². The van der Waals surface area contributed by atoms with E-state index in [0.29, 0.717) is 17.2 Å². The summed E-state index contributed by atoms with van der Waals surface area (Å²) in [5.41, 5.74) is 9.40. The van der Waals surface area contributed by atoms with Crippen LogP contribution in [0, 0.1) is 17.6 Å². The summed E-state index contributed by atoms with van der Waals surface area (Å²) in [6.45, 7) is 2.67. The fraction of sp³-hybridized carbons (Fsp3) is 0.304. The topological polar surface area (TPSA) is 55.0 Å². The number of aromatic nitrogens is 2. The van der Waals surface area contributed by atoms with Crippen molar-refractivity contribution < 1.29 is 13.2 Å². The lowest BCUT2D eigenvalue weighted by atomic mass is 9.90. The molecule has 4 nitrogen and oxygen atoms in total. The maximum absolute atomic E-state index is 13.5. The van der Waals surface area contributed by atoms with E-state index in [1.165, 1.54) is 12.1 Å². The Labute approximate surface area is 173 Å². The zero-order chi connectivity index (χ0) is 21.1. The lowest BCUT2D eigenvalue weighted by molar-refractivity contribution is 0.204. The largest absolute Gasteiger partial charge is 0.319 e. The molecule has 2 N–H and O–H groups in total. The van der Waals surface area contributed by atoms with Gasteiger partial charge in [-0.05, 0) is 72.8 Å². The highest BCUT2D eigenvalue weighted by atomic mass is 19.2. The third-order valence-corrected chi connectivity index (χ3v) is 5.68. The smallest absolute Gasteiger partial charge is 0.212 e. The van der Waals surface area contributed by atoms with Gasteiger partial charge in [0.25, 0.3) is 0 Å². The number of likely N-dealkylation sites (tertiary alicyclic amines) is 1. The minimum absolute atomic E-state index is 0.406. The maximum Gasteiger partial charge on any atom is 0.212 e. The van der Waals surface area contributed by atoms with Crippen LogP contribution in [0.3, 0.4) is 0 Å². The zero-order valence-electron chi connectivity index (χ0n) is 16.4. The van der Waals surface area contributed by atoms with Crippen LogP contribution in [0.5, 0.6) is 0 Å². The highest BCUT2D eigenvalue weighted by Gasteiger charge is 2.21. The first-order valence-electron chi connectivity index (χ1n) is 9.99. The zero-order valence-corrected chi connectivity index (χ0v) is 16.4. The first-order valence-corrected chi connectivity index (χ1v) is 9.99. The Morgan fingerprint density at radius 3 is 2.37 bits per heavy atom. The molecule has 1 atom stereocenters. The molecule has 1 unspecified atom stereocenters. The number of benzene rings is 1. The minimum Gasteiger partial charge on any atom is -0.319 e. The molecule has 0 aliphatic carbocycles. The third kappa shape index (κ3) is 4.68. The molecule has 0 spiro atoms. The van der Waals surface area contributed by atoms with Gasteiger partial charge in [-0.15, -0.1) is 0 Å². The summed E-state index contributed by atoms with van der Waals surface area (Å²) in [7, 11) is 0. The molecule has 1 aliphatic heterocycles. The number of piperidine rings is 1. The number of halogens is 3. The van der Waals surface area contributed by atoms with E-state index >= 15 is 0 Å². The van der Waals surface area contributed by atoms with Crippen molar-refractivity contribution in [3.05, 3.63) is 94.8 Å². The average Bonchev–Trinajstić information content (AvgIpc) is 2.77. The van der Waals surface area contributed by atoms with E-state index in [4.69, 9.17) is 5.73 Å². The van der Waals surface area contributed by atoms with Crippen LogP contribution >= 0.6 is 0 Å². The molecule has 3 aromatic rings. The molecule has 1 aromatic carbocycles. The Kier molecular flexibility index (Phi) is 6.11. The van der Waals surface area contributed by atoms with Crippen molar-refractivity contribution in [2.24, 2.45) is 5.73 Å². The van der Waals surface area contributed by atoms with Crippen LogP contribution in [0.1, 0.15) is 47.2 Å². The van der Waals surface area contributed by atoms with Gasteiger partial charge in [0, 0.05) is 18.9 Å². The molecular formula is C23H23F3N4. The van der Waals surface area contributed by atoms with Crippen molar-refractivity contribution >= 4 is 0 Å². The van der Waals surface area contributed by atoms with Crippen molar-refractivity contribution in [1.82, 2.24) is 14.9 Å². The monoisotopic (exact) mass is 412 g/mol. The average molecular weight is 412 g/mol. The second kappa shape index (κ2) is 8.93. The molecule has 7 heteroatoms. The van der Waals surface area contributed by atoms with Gasteiger partial charge in [-0.3, -0.25) is 9.88 Å². The maximum atomic E-state index is 13.5. The molecule has 4 rings (SSSR count). The molecule has 3 heterocycles. The normalized spacial score (nSPS) is 16.5. The van der Waals surface area contributed by atoms with Gasteiger partial charge >= 0.3 is 0 Å². The van der Waals surface area contributed by atoms with Gasteiger partial charge in [0.1, 0.15) is 0 Å². The number of nitrogens with two attached hydrogens (primary N) is 1.